The van der Waals surface area contributed by atoms with Gasteiger partial charge in [0, 0.05) is 19.0 Å². The zero-order chi connectivity index (χ0) is 11.4. The van der Waals surface area contributed by atoms with E-state index in [0.29, 0.717) is 5.88 Å². The number of rotatable bonds is 4. The molecule has 0 amide bonds. The fourth-order valence-corrected chi connectivity index (χ4v) is 2.34. The zero-order valence-electron chi connectivity index (χ0n) is 9.71. The van der Waals surface area contributed by atoms with Crippen LogP contribution in [0.4, 0.5) is 0 Å². The van der Waals surface area contributed by atoms with E-state index in [-0.39, 0.29) is 0 Å². The van der Waals surface area contributed by atoms with Gasteiger partial charge in [-0.25, -0.2) is 0 Å². The monoisotopic (exact) mass is 239 g/mol. The van der Waals surface area contributed by atoms with Gasteiger partial charge in [-0.2, -0.15) is 0 Å². The average molecular weight is 240 g/mol. The molecule has 0 atom stereocenters. The second-order valence-corrected chi connectivity index (χ2v) is 4.70. The molecule has 0 aromatic heterocycles. The molecule has 88 valence electrons. The van der Waals surface area contributed by atoms with Crippen LogP contribution in [-0.4, -0.2) is 31.0 Å². The summed E-state index contributed by atoms with van der Waals surface area (Å²) >= 11 is 5.72. The summed E-state index contributed by atoms with van der Waals surface area (Å²) in [6, 6.07) is 6.51. The topological polar surface area (TPSA) is 12.5 Å². The number of ether oxygens (including phenoxy) is 1. The van der Waals surface area contributed by atoms with Gasteiger partial charge in [0.15, 0.2) is 0 Å². The van der Waals surface area contributed by atoms with Gasteiger partial charge in [-0.3, -0.25) is 0 Å². The van der Waals surface area contributed by atoms with Gasteiger partial charge in [-0.15, -0.1) is 11.6 Å². The van der Waals surface area contributed by atoms with Crippen LogP contribution in [0.15, 0.2) is 18.2 Å². The maximum atomic E-state index is 5.72. The highest BCUT2D eigenvalue weighted by Gasteiger charge is 2.10. The normalized spacial score (nSPS) is 14.7. The Morgan fingerprint density at radius 1 is 1.44 bits per heavy atom. The Hall–Kier alpha value is -0.730. The lowest BCUT2D eigenvalue weighted by atomic mass is 10.0. The zero-order valence-corrected chi connectivity index (χ0v) is 10.5. The third-order valence-electron chi connectivity index (χ3n) is 2.89. The molecule has 0 radical (unpaired) electrons. The molecule has 3 heteroatoms. The summed E-state index contributed by atoms with van der Waals surface area (Å²) in [7, 11) is 2.10. The van der Waals surface area contributed by atoms with Gasteiger partial charge in [0.2, 0.25) is 0 Å². The summed E-state index contributed by atoms with van der Waals surface area (Å²) in [5, 5.41) is 0. The highest BCUT2D eigenvalue weighted by molar-refractivity contribution is 6.18. The summed E-state index contributed by atoms with van der Waals surface area (Å²) in [4.78, 5) is 2.23. The largest absolute Gasteiger partial charge is 0.493 e. The van der Waals surface area contributed by atoms with Crippen LogP contribution in [0.1, 0.15) is 17.5 Å². The smallest absolute Gasteiger partial charge is 0.122 e. The molecule has 1 aromatic rings. The maximum absolute atomic E-state index is 5.72. The molecular formula is C13H18ClNO. The van der Waals surface area contributed by atoms with E-state index in [1.807, 2.05) is 0 Å². The number of nitrogens with zero attached hydrogens (tertiary/aromatic N) is 1. The SMILES string of the molecule is CN(CCCl)Cc1ccc2c(c1)CCCO2. The molecule has 2 nitrogen and oxygen atoms in total. The lowest BCUT2D eigenvalue weighted by Gasteiger charge is -2.20. The van der Waals surface area contributed by atoms with Crippen molar-refractivity contribution < 1.29 is 4.74 Å². The predicted octanol–water partition coefficient (Wildman–Crippen LogP) is 2.68. The molecule has 1 aliphatic heterocycles. The summed E-state index contributed by atoms with van der Waals surface area (Å²) in [5.74, 6) is 1.75. The number of benzene rings is 1. The first-order chi connectivity index (χ1) is 7.79. The fourth-order valence-electron chi connectivity index (χ4n) is 2.05. The molecule has 0 aliphatic carbocycles. The highest BCUT2D eigenvalue weighted by Crippen LogP contribution is 2.25. The van der Waals surface area contributed by atoms with Crippen LogP contribution < -0.4 is 4.74 Å². The Morgan fingerprint density at radius 3 is 3.12 bits per heavy atom. The molecule has 0 saturated heterocycles. The number of aryl methyl sites for hydroxylation is 1. The van der Waals surface area contributed by atoms with Crippen LogP contribution in [0, 0.1) is 0 Å². The van der Waals surface area contributed by atoms with E-state index in [0.717, 1.165) is 38.3 Å². The number of hydrogen-bond donors (Lipinski definition) is 0. The quantitative estimate of drug-likeness (QED) is 0.750. The highest BCUT2D eigenvalue weighted by atomic mass is 35.5. The predicted molar refractivity (Wildman–Crippen MR) is 67.3 cm³/mol. The molecule has 1 aromatic carbocycles. The van der Waals surface area contributed by atoms with Gasteiger partial charge in [0.25, 0.3) is 0 Å². The van der Waals surface area contributed by atoms with E-state index in [1.165, 1.54) is 11.1 Å². The third-order valence-corrected chi connectivity index (χ3v) is 3.06. The minimum Gasteiger partial charge on any atom is -0.493 e. The fraction of sp³-hybridized carbons (Fsp3) is 0.538. The van der Waals surface area contributed by atoms with Crippen molar-refractivity contribution in [2.75, 3.05) is 26.1 Å². The van der Waals surface area contributed by atoms with Gasteiger partial charge < -0.3 is 9.64 Å². The van der Waals surface area contributed by atoms with Crippen LogP contribution >= 0.6 is 11.6 Å². The Kier molecular flexibility index (Phi) is 4.08. The van der Waals surface area contributed by atoms with Crippen LogP contribution in [0.2, 0.25) is 0 Å². The first kappa shape index (κ1) is 11.7. The molecule has 0 bridgehead atoms. The summed E-state index contributed by atoms with van der Waals surface area (Å²) in [5.41, 5.74) is 2.69. The number of fused-ring (bicyclic) bond motifs is 1. The van der Waals surface area contributed by atoms with Crippen LogP contribution in [0.25, 0.3) is 0 Å². The van der Waals surface area contributed by atoms with Crippen molar-refractivity contribution in [3.63, 3.8) is 0 Å². The van der Waals surface area contributed by atoms with E-state index in [2.05, 4.69) is 30.1 Å². The van der Waals surface area contributed by atoms with E-state index < -0.39 is 0 Å². The van der Waals surface area contributed by atoms with E-state index in [9.17, 15) is 0 Å². The molecular weight excluding hydrogens is 222 g/mol. The second-order valence-electron chi connectivity index (χ2n) is 4.32. The van der Waals surface area contributed by atoms with Crippen LogP contribution in [-0.2, 0) is 13.0 Å². The van der Waals surface area contributed by atoms with Gasteiger partial charge in [-0.1, -0.05) is 12.1 Å². The molecule has 0 unspecified atom stereocenters. The minimum atomic E-state index is 0.685. The van der Waals surface area contributed by atoms with E-state index in [4.69, 9.17) is 16.3 Å². The van der Waals surface area contributed by atoms with E-state index in [1.54, 1.807) is 0 Å². The first-order valence-electron chi connectivity index (χ1n) is 5.78. The van der Waals surface area contributed by atoms with Crippen LogP contribution in [0.5, 0.6) is 5.75 Å². The van der Waals surface area contributed by atoms with Crippen molar-refractivity contribution in [3.05, 3.63) is 29.3 Å². The minimum absolute atomic E-state index is 0.685. The van der Waals surface area contributed by atoms with Crippen molar-refractivity contribution >= 4 is 11.6 Å². The van der Waals surface area contributed by atoms with Crippen molar-refractivity contribution in [3.8, 4) is 5.75 Å². The number of halogens is 1. The number of hydrogen-bond acceptors (Lipinski definition) is 2. The second kappa shape index (κ2) is 5.55. The molecule has 0 spiro atoms. The lowest BCUT2D eigenvalue weighted by Crippen LogP contribution is -2.20. The molecule has 1 heterocycles. The first-order valence-corrected chi connectivity index (χ1v) is 6.32. The van der Waals surface area contributed by atoms with Crippen molar-refractivity contribution in [2.24, 2.45) is 0 Å². The average Bonchev–Trinajstić information content (AvgIpc) is 2.29. The molecule has 0 saturated carbocycles. The van der Waals surface area contributed by atoms with Gasteiger partial charge in [0.1, 0.15) is 5.75 Å². The number of alkyl halides is 1. The summed E-state index contributed by atoms with van der Waals surface area (Å²) < 4.78 is 5.60. The Bertz CT molecular complexity index is 354. The van der Waals surface area contributed by atoms with E-state index >= 15 is 0 Å². The third kappa shape index (κ3) is 2.89. The Morgan fingerprint density at radius 2 is 2.31 bits per heavy atom. The molecule has 1 aliphatic rings. The molecule has 0 N–H and O–H groups in total. The summed E-state index contributed by atoms with van der Waals surface area (Å²) in [6.45, 7) is 2.74. The molecule has 2 rings (SSSR count). The lowest BCUT2D eigenvalue weighted by molar-refractivity contribution is 0.287. The van der Waals surface area contributed by atoms with Gasteiger partial charge in [0.05, 0.1) is 6.61 Å². The van der Waals surface area contributed by atoms with Crippen molar-refractivity contribution in [1.82, 2.24) is 4.90 Å². The van der Waals surface area contributed by atoms with Crippen LogP contribution in [0.3, 0.4) is 0 Å². The Labute approximate surface area is 102 Å². The Balaban J connectivity index is 2.05. The van der Waals surface area contributed by atoms with Gasteiger partial charge >= 0.3 is 0 Å². The standard InChI is InChI=1S/C13H18ClNO/c1-15(7-6-14)10-11-4-5-13-12(9-11)3-2-8-16-13/h4-5,9H,2-3,6-8,10H2,1H3. The molecule has 0 fully saturated rings. The maximum Gasteiger partial charge on any atom is 0.122 e. The van der Waals surface area contributed by atoms with Gasteiger partial charge in [-0.05, 0) is 37.1 Å². The van der Waals surface area contributed by atoms with Crippen molar-refractivity contribution in [1.29, 1.82) is 0 Å². The summed E-state index contributed by atoms with van der Waals surface area (Å²) in [6.07, 6.45) is 2.27. The van der Waals surface area contributed by atoms with Crippen molar-refractivity contribution in [2.45, 2.75) is 19.4 Å². The molecule has 16 heavy (non-hydrogen) atoms.